The molecular weight excluding hydrogens is 436 g/mol. The predicted octanol–water partition coefficient (Wildman–Crippen LogP) is 5.29. The van der Waals surface area contributed by atoms with Crippen molar-refractivity contribution in [3.05, 3.63) is 95.6 Å². The summed E-state index contributed by atoms with van der Waals surface area (Å²) in [4.78, 5) is 24.0. The highest BCUT2D eigenvalue weighted by atomic mass is 16.4. The fourth-order valence-corrected chi connectivity index (χ4v) is 4.91. The van der Waals surface area contributed by atoms with Crippen molar-refractivity contribution in [3.8, 4) is 11.1 Å². The zero-order chi connectivity index (χ0) is 25.6. The van der Waals surface area contributed by atoms with E-state index in [2.05, 4.69) is 69.4 Å². The van der Waals surface area contributed by atoms with E-state index in [0.29, 0.717) is 23.9 Å². The molecule has 5 heteroatoms. The van der Waals surface area contributed by atoms with Crippen molar-refractivity contribution in [3.63, 3.8) is 0 Å². The summed E-state index contributed by atoms with van der Waals surface area (Å²) in [5.41, 5.74) is 10.3. The van der Waals surface area contributed by atoms with Gasteiger partial charge in [0.15, 0.2) is 0 Å². The Morgan fingerprint density at radius 3 is 1.89 bits per heavy atom. The van der Waals surface area contributed by atoms with E-state index in [1.165, 1.54) is 16.7 Å². The van der Waals surface area contributed by atoms with Crippen LogP contribution in [0.15, 0.2) is 78.9 Å². The molecule has 0 spiro atoms. The monoisotopic (exact) mass is 472 g/mol. The first-order chi connectivity index (χ1) is 16.6. The van der Waals surface area contributed by atoms with Crippen LogP contribution in [-0.4, -0.2) is 29.6 Å². The van der Waals surface area contributed by atoms with Gasteiger partial charge in [-0.1, -0.05) is 94.4 Å². The number of amides is 1. The molecule has 35 heavy (non-hydrogen) atoms. The van der Waals surface area contributed by atoms with Gasteiger partial charge in [0, 0.05) is 17.5 Å². The molecule has 3 aromatic carbocycles. The molecule has 1 atom stereocenters. The largest absolute Gasteiger partial charge is 0.480 e. The van der Waals surface area contributed by atoms with Gasteiger partial charge in [0.2, 0.25) is 0 Å². The first kappa shape index (κ1) is 26.2. The lowest BCUT2D eigenvalue weighted by molar-refractivity contribution is -0.138. The van der Waals surface area contributed by atoms with E-state index >= 15 is 0 Å². The van der Waals surface area contributed by atoms with Crippen molar-refractivity contribution in [2.75, 3.05) is 6.54 Å². The van der Waals surface area contributed by atoms with Gasteiger partial charge in [-0.3, -0.25) is 9.59 Å². The van der Waals surface area contributed by atoms with Gasteiger partial charge in [0.25, 0.3) is 5.91 Å². The van der Waals surface area contributed by atoms with E-state index in [0.717, 1.165) is 5.56 Å². The molecule has 3 rings (SSSR count). The maximum Gasteiger partial charge on any atom is 0.320 e. The summed E-state index contributed by atoms with van der Waals surface area (Å²) >= 11 is 0. The van der Waals surface area contributed by atoms with Gasteiger partial charge in [-0.2, -0.15) is 0 Å². The van der Waals surface area contributed by atoms with E-state index in [9.17, 15) is 9.59 Å². The molecule has 0 saturated heterocycles. The van der Waals surface area contributed by atoms with Crippen LogP contribution in [0.2, 0.25) is 0 Å². The van der Waals surface area contributed by atoms with Crippen LogP contribution in [0.4, 0.5) is 0 Å². The second kappa shape index (κ2) is 11.3. The summed E-state index contributed by atoms with van der Waals surface area (Å²) in [6.45, 7) is 9.34. The number of rotatable bonds is 10. The van der Waals surface area contributed by atoms with Gasteiger partial charge in [-0.25, -0.2) is 0 Å². The minimum absolute atomic E-state index is 0.148. The molecule has 184 valence electrons. The molecule has 4 N–H and O–H groups in total. The molecule has 0 aliphatic carbocycles. The summed E-state index contributed by atoms with van der Waals surface area (Å²) in [6, 6.07) is 25.0. The Morgan fingerprint density at radius 2 is 1.37 bits per heavy atom. The van der Waals surface area contributed by atoms with Gasteiger partial charge in [0.1, 0.15) is 6.04 Å². The molecule has 0 fully saturated rings. The first-order valence-electron chi connectivity index (χ1n) is 12.2. The number of nitrogens with one attached hydrogen (secondary N) is 1. The quantitative estimate of drug-likeness (QED) is 0.374. The van der Waals surface area contributed by atoms with Crippen molar-refractivity contribution >= 4 is 11.9 Å². The highest BCUT2D eigenvalue weighted by Gasteiger charge is 2.39. The summed E-state index contributed by atoms with van der Waals surface area (Å²) in [6.07, 6.45) is 0.222. The Hall–Kier alpha value is -3.44. The number of carbonyl (C=O) groups is 2. The summed E-state index contributed by atoms with van der Waals surface area (Å²) in [5.74, 6) is -0.594. The van der Waals surface area contributed by atoms with Crippen molar-refractivity contribution in [1.29, 1.82) is 0 Å². The maximum absolute atomic E-state index is 13.0. The first-order valence-corrected chi connectivity index (χ1v) is 12.2. The second-order valence-corrected chi connectivity index (χ2v) is 9.82. The van der Waals surface area contributed by atoms with Gasteiger partial charge in [0.05, 0.1) is 0 Å². The second-order valence-electron chi connectivity index (χ2n) is 9.82. The maximum atomic E-state index is 13.0. The third-order valence-electron chi connectivity index (χ3n) is 7.12. The normalized spacial score (nSPS) is 12.5. The fourth-order valence-electron chi connectivity index (χ4n) is 4.91. The lowest BCUT2D eigenvalue weighted by Crippen LogP contribution is -2.48. The number of carboxylic acids is 1. The third kappa shape index (κ3) is 5.98. The SMILES string of the molecule is CC(C)C(CNC(=O)c1ccc(C[C@H](N)C(=O)O)cc1)(c1ccc(-c2ccccc2)cc1)C(C)C. The Balaban J connectivity index is 1.78. The minimum Gasteiger partial charge on any atom is -0.480 e. The molecular formula is C30H36N2O3. The van der Waals surface area contributed by atoms with Crippen LogP contribution in [0.1, 0.15) is 49.2 Å². The molecule has 0 heterocycles. The molecule has 0 unspecified atom stereocenters. The summed E-state index contributed by atoms with van der Waals surface area (Å²) in [5, 5.41) is 12.2. The Labute approximate surface area is 208 Å². The highest BCUT2D eigenvalue weighted by molar-refractivity contribution is 5.94. The minimum atomic E-state index is -1.04. The number of carbonyl (C=O) groups excluding carboxylic acids is 1. The number of hydrogen-bond acceptors (Lipinski definition) is 3. The van der Waals surface area contributed by atoms with Crippen LogP contribution >= 0.6 is 0 Å². The number of aliphatic carboxylic acids is 1. The van der Waals surface area contributed by atoms with Crippen LogP contribution < -0.4 is 11.1 Å². The fraction of sp³-hybridized carbons (Fsp3) is 0.333. The molecule has 3 aromatic rings. The molecule has 0 saturated carbocycles. The van der Waals surface area contributed by atoms with Crippen LogP contribution in [0.3, 0.4) is 0 Å². The Kier molecular flexibility index (Phi) is 8.47. The molecule has 0 radical (unpaired) electrons. The van der Waals surface area contributed by atoms with E-state index in [-0.39, 0.29) is 17.7 Å². The summed E-state index contributed by atoms with van der Waals surface area (Å²) < 4.78 is 0. The lowest BCUT2D eigenvalue weighted by Gasteiger charge is -2.42. The zero-order valence-electron chi connectivity index (χ0n) is 21.0. The van der Waals surface area contributed by atoms with Gasteiger partial charge >= 0.3 is 5.97 Å². The van der Waals surface area contributed by atoms with E-state index in [4.69, 9.17) is 10.8 Å². The van der Waals surface area contributed by atoms with Crippen molar-refractivity contribution in [1.82, 2.24) is 5.32 Å². The number of benzene rings is 3. The van der Waals surface area contributed by atoms with Crippen LogP contribution in [-0.2, 0) is 16.6 Å². The number of carboxylic acid groups (broad SMARTS) is 1. The van der Waals surface area contributed by atoms with E-state index in [1.54, 1.807) is 24.3 Å². The lowest BCUT2D eigenvalue weighted by atomic mass is 9.64. The van der Waals surface area contributed by atoms with Gasteiger partial charge in [-0.05, 0) is 52.6 Å². The Bertz CT molecular complexity index is 1110. The Morgan fingerprint density at radius 1 is 0.829 bits per heavy atom. The molecule has 0 bridgehead atoms. The van der Waals surface area contributed by atoms with Crippen LogP contribution in [0, 0.1) is 11.8 Å². The van der Waals surface area contributed by atoms with Crippen LogP contribution in [0.25, 0.3) is 11.1 Å². The zero-order valence-corrected chi connectivity index (χ0v) is 21.0. The van der Waals surface area contributed by atoms with Crippen molar-refractivity contribution in [2.24, 2.45) is 17.6 Å². The average molecular weight is 473 g/mol. The standard InChI is InChI=1S/C30H36N2O3/c1-20(2)30(21(3)4,26-16-14-24(15-17-26)23-8-6-5-7-9-23)19-32-28(33)25-12-10-22(11-13-25)18-27(31)29(34)35/h5-17,20-21,27H,18-19,31H2,1-4H3,(H,32,33)(H,34,35)/t27-/m0/s1. The molecule has 0 aromatic heterocycles. The van der Waals surface area contributed by atoms with Crippen molar-refractivity contribution in [2.45, 2.75) is 45.6 Å². The highest BCUT2D eigenvalue weighted by Crippen LogP contribution is 2.40. The third-order valence-corrected chi connectivity index (χ3v) is 7.12. The van der Waals surface area contributed by atoms with E-state index < -0.39 is 12.0 Å². The molecule has 1 amide bonds. The number of hydrogen-bond donors (Lipinski definition) is 3. The van der Waals surface area contributed by atoms with Crippen LogP contribution in [0.5, 0.6) is 0 Å². The smallest absolute Gasteiger partial charge is 0.320 e. The molecule has 0 aliphatic rings. The topological polar surface area (TPSA) is 92.4 Å². The predicted molar refractivity (Wildman–Crippen MR) is 141 cm³/mol. The van der Waals surface area contributed by atoms with E-state index in [1.807, 2.05) is 18.2 Å². The number of nitrogens with two attached hydrogens (primary N) is 1. The summed E-state index contributed by atoms with van der Waals surface area (Å²) in [7, 11) is 0. The van der Waals surface area contributed by atoms with Gasteiger partial charge < -0.3 is 16.2 Å². The average Bonchev–Trinajstić information content (AvgIpc) is 2.85. The molecule has 5 nitrogen and oxygen atoms in total. The molecule has 0 aliphatic heterocycles. The van der Waals surface area contributed by atoms with Gasteiger partial charge in [-0.15, -0.1) is 0 Å². The van der Waals surface area contributed by atoms with Crippen molar-refractivity contribution < 1.29 is 14.7 Å².